The first kappa shape index (κ1) is 15.5. The van der Waals surface area contributed by atoms with Crippen LogP contribution in [-0.4, -0.2) is 15.0 Å². The molecule has 0 saturated heterocycles. The summed E-state index contributed by atoms with van der Waals surface area (Å²) in [6, 6.07) is 6.59. The summed E-state index contributed by atoms with van der Waals surface area (Å²) in [7, 11) is 1.63. The highest BCUT2D eigenvalue weighted by atomic mass is 35.7. The van der Waals surface area contributed by atoms with Crippen LogP contribution in [-0.2, 0) is 13.8 Å². The summed E-state index contributed by atoms with van der Waals surface area (Å²) >= 11 is 0. The summed E-state index contributed by atoms with van der Waals surface area (Å²) in [5, 5.41) is 0. The quantitative estimate of drug-likeness (QED) is 0.716. The number of benzene rings is 1. The zero-order valence-electron chi connectivity index (χ0n) is 10.7. The Labute approximate surface area is 114 Å². The van der Waals surface area contributed by atoms with Gasteiger partial charge in [0.05, 0.1) is 11.0 Å². The molecule has 102 valence electrons. The molecule has 0 aliphatic heterocycles. The number of ether oxygens (including phenoxy) is 1. The standard InChI is InChI=1S/C13H19ClO3S/c1-3-5-13(17-10-4-2)11-6-8-12(9-7-11)18(14,15)16/h6-9,13H,3-5,10H2,1-2H3/t13-/m0/s1. The molecule has 0 radical (unpaired) electrons. The van der Waals surface area contributed by atoms with Crippen molar-refractivity contribution in [2.75, 3.05) is 6.61 Å². The minimum Gasteiger partial charge on any atom is -0.374 e. The molecule has 0 heterocycles. The SMILES string of the molecule is CCCO[C@@H](CCC)c1ccc(S(=O)(=O)Cl)cc1. The van der Waals surface area contributed by atoms with Crippen LogP contribution >= 0.6 is 10.7 Å². The van der Waals surface area contributed by atoms with Gasteiger partial charge in [0.1, 0.15) is 0 Å². The summed E-state index contributed by atoms with van der Waals surface area (Å²) in [4.78, 5) is 0.124. The molecule has 1 atom stereocenters. The Bertz CT molecular complexity index is 454. The molecular weight excluding hydrogens is 272 g/mol. The second-order valence-electron chi connectivity index (χ2n) is 4.15. The van der Waals surface area contributed by atoms with E-state index in [4.69, 9.17) is 15.4 Å². The Morgan fingerprint density at radius 2 is 1.78 bits per heavy atom. The highest BCUT2D eigenvalue weighted by molar-refractivity contribution is 8.13. The Balaban J connectivity index is 2.86. The largest absolute Gasteiger partial charge is 0.374 e. The lowest BCUT2D eigenvalue weighted by molar-refractivity contribution is 0.0465. The van der Waals surface area contributed by atoms with E-state index in [0.717, 1.165) is 24.8 Å². The molecule has 18 heavy (non-hydrogen) atoms. The van der Waals surface area contributed by atoms with Crippen LogP contribution in [0.5, 0.6) is 0 Å². The average Bonchev–Trinajstić information content (AvgIpc) is 2.33. The molecule has 1 rings (SSSR count). The van der Waals surface area contributed by atoms with Gasteiger partial charge in [0, 0.05) is 17.3 Å². The molecule has 0 saturated carbocycles. The van der Waals surface area contributed by atoms with Crippen LogP contribution < -0.4 is 0 Å². The van der Waals surface area contributed by atoms with Crippen molar-refractivity contribution in [2.45, 2.75) is 44.1 Å². The second-order valence-corrected chi connectivity index (χ2v) is 6.72. The Hall–Kier alpha value is -0.580. The van der Waals surface area contributed by atoms with E-state index in [1.807, 2.05) is 0 Å². The van der Waals surface area contributed by atoms with E-state index >= 15 is 0 Å². The van der Waals surface area contributed by atoms with Gasteiger partial charge in [0.15, 0.2) is 0 Å². The van der Waals surface area contributed by atoms with Crippen molar-refractivity contribution in [3.63, 3.8) is 0 Å². The van der Waals surface area contributed by atoms with Crippen LogP contribution in [0.2, 0.25) is 0 Å². The molecule has 0 spiro atoms. The number of rotatable bonds is 7. The van der Waals surface area contributed by atoms with Crippen molar-refractivity contribution < 1.29 is 13.2 Å². The van der Waals surface area contributed by atoms with Gasteiger partial charge >= 0.3 is 0 Å². The molecule has 5 heteroatoms. The van der Waals surface area contributed by atoms with Crippen LogP contribution in [0.1, 0.15) is 44.8 Å². The van der Waals surface area contributed by atoms with Gasteiger partial charge in [-0.05, 0) is 30.5 Å². The predicted molar refractivity (Wildman–Crippen MR) is 73.4 cm³/mol. The van der Waals surface area contributed by atoms with Crippen LogP contribution in [0.25, 0.3) is 0 Å². The van der Waals surface area contributed by atoms with Gasteiger partial charge in [0.2, 0.25) is 0 Å². The molecule has 0 bridgehead atoms. The molecule has 0 aromatic heterocycles. The molecule has 0 N–H and O–H groups in total. The summed E-state index contributed by atoms with van der Waals surface area (Å²) in [5.41, 5.74) is 0.995. The van der Waals surface area contributed by atoms with E-state index < -0.39 is 9.05 Å². The third-order valence-electron chi connectivity index (χ3n) is 2.61. The van der Waals surface area contributed by atoms with Crippen LogP contribution in [0.3, 0.4) is 0 Å². The Morgan fingerprint density at radius 1 is 1.17 bits per heavy atom. The molecule has 0 unspecified atom stereocenters. The van der Waals surface area contributed by atoms with E-state index in [0.29, 0.717) is 6.61 Å². The summed E-state index contributed by atoms with van der Waals surface area (Å²) in [5.74, 6) is 0. The normalized spacial score (nSPS) is 13.5. The fraction of sp³-hybridized carbons (Fsp3) is 0.538. The van der Waals surface area contributed by atoms with Gasteiger partial charge in [-0.25, -0.2) is 8.42 Å². The van der Waals surface area contributed by atoms with E-state index in [-0.39, 0.29) is 11.0 Å². The molecule has 1 aromatic carbocycles. The third-order valence-corrected chi connectivity index (χ3v) is 3.98. The lowest BCUT2D eigenvalue weighted by Crippen LogP contribution is -2.05. The fourth-order valence-corrected chi connectivity index (χ4v) is 2.48. The van der Waals surface area contributed by atoms with Crippen molar-refractivity contribution in [2.24, 2.45) is 0 Å². The van der Waals surface area contributed by atoms with Crippen molar-refractivity contribution >= 4 is 19.7 Å². The summed E-state index contributed by atoms with van der Waals surface area (Å²) in [6.45, 7) is 4.87. The maximum absolute atomic E-state index is 11.1. The smallest absolute Gasteiger partial charge is 0.261 e. The van der Waals surface area contributed by atoms with E-state index in [9.17, 15) is 8.42 Å². The van der Waals surface area contributed by atoms with Gasteiger partial charge in [-0.1, -0.05) is 32.4 Å². The lowest BCUT2D eigenvalue weighted by Gasteiger charge is -2.17. The van der Waals surface area contributed by atoms with Gasteiger partial charge in [-0.15, -0.1) is 0 Å². The highest BCUT2D eigenvalue weighted by Gasteiger charge is 2.13. The zero-order valence-corrected chi connectivity index (χ0v) is 12.3. The monoisotopic (exact) mass is 290 g/mol. The first-order chi connectivity index (χ1) is 8.49. The van der Waals surface area contributed by atoms with Crippen molar-refractivity contribution in [1.29, 1.82) is 0 Å². The summed E-state index contributed by atoms with van der Waals surface area (Å²) in [6.07, 6.45) is 2.94. The third kappa shape index (κ3) is 4.59. The average molecular weight is 291 g/mol. The molecule has 1 aromatic rings. The topological polar surface area (TPSA) is 43.4 Å². The van der Waals surface area contributed by atoms with E-state index in [1.54, 1.807) is 12.1 Å². The maximum Gasteiger partial charge on any atom is 0.261 e. The first-order valence-corrected chi connectivity index (χ1v) is 8.46. The molecular formula is C13H19ClO3S. The molecule has 0 aliphatic rings. The van der Waals surface area contributed by atoms with Crippen molar-refractivity contribution in [3.05, 3.63) is 29.8 Å². The van der Waals surface area contributed by atoms with E-state index in [2.05, 4.69) is 13.8 Å². The fourth-order valence-electron chi connectivity index (χ4n) is 1.71. The second kappa shape index (κ2) is 7.12. The number of hydrogen-bond acceptors (Lipinski definition) is 3. The van der Waals surface area contributed by atoms with Crippen molar-refractivity contribution in [3.8, 4) is 0 Å². The lowest BCUT2D eigenvalue weighted by atomic mass is 10.1. The Morgan fingerprint density at radius 3 is 2.22 bits per heavy atom. The highest BCUT2D eigenvalue weighted by Crippen LogP contribution is 2.25. The zero-order chi connectivity index (χ0) is 13.6. The van der Waals surface area contributed by atoms with Gasteiger partial charge < -0.3 is 4.74 Å². The van der Waals surface area contributed by atoms with Gasteiger partial charge in [0.25, 0.3) is 9.05 Å². The minimum atomic E-state index is -3.64. The minimum absolute atomic E-state index is 0.0297. The molecule has 3 nitrogen and oxygen atoms in total. The number of halogens is 1. The van der Waals surface area contributed by atoms with Crippen molar-refractivity contribution in [1.82, 2.24) is 0 Å². The summed E-state index contributed by atoms with van der Waals surface area (Å²) < 4.78 is 28.1. The Kier molecular flexibility index (Phi) is 6.12. The van der Waals surface area contributed by atoms with Gasteiger partial charge in [-0.3, -0.25) is 0 Å². The predicted octanol–water partition coefficient (Wildman–Crippen LogP) is 3.88. The molecule has 0 amide bonds. The van der Waals surface area contributed by atoms with Gasteiger partial charge in [-0.2, -0.15) is 0 Å². The molecule has 0 aliphatic carbocycles. The van der Waals surface area contributed by atoms with Crippen LogP contribution in [0, 0.1) is 0 Å². The number of hydrogen-bond donors (Lipinski definition) is 0. The van der Waals surface area contributed by atoms with E-state index in [1.165, 1.54) is 12.1 Å². The van der Waals surface area contributed by atoms with Crippen LogP contribution in [0.4, 0.5) is 0 Å². The van der Waals surface area contributed by atoms with Crippen LogP contribution in [0.15, 0.2) is 29.2 Å². The maximum atomic E-state index is 11.1. The first-order valence-electron chi connectivity index (χ1n) is 6.15. The molecule has 0 fully saturated rings.